The third-order valence-electron chi connectivity index (χ3n) is 4.18. The third kappa shape index (κ3) is 3.26. The molecule has 2 fully saturated rings. The summed E-state index contributed by atoms with van der Waals surface area (Å²) in [6.07, 6.45) is 3.50. The lowest BCUT2D eigenvalue weighted by atomic mass is 10.0. The summed E-state index contributed by atoms with van der Waals surface area (Å²) in [6.45, 7) is 2.45. The Morgan fingerprint density at radius 3 is 2.38 bits per heavy atom. The molecule has 114 valence electrons. The first-order valence-electron chi connectivity index (χ1n) is 7.45. The second-order valence-corrected chi connectivity index (χ2v) is 6.71. The van der Waals surface area contributed by atoms with Crippen molar-refractivity contribution in [3.63, 3.8) is 0 Å². The van der Waals surface area contributed by atoms with Crippen molar-refractivity contribution in [2.24, 2.45) is 5.92 Å². The Kier molecular flexibility index (Phi) is 4.53. The lowest BCUT2D eigenvalue weighted by molar-refractivity contribution is -0.137. The van der Waals surface area contributed by atoms with Crippen molar-refractivity contribution in [3.05, 3.63) is 24.2 Å². The Morgan fingerprint density at radius 1 is 1.10 bits per heavy atom. The van der Waals surface area contributed by atoms with Crippen molar-refractivity contribution in [1.29, 1.82) is 0 Å². The summed E-state index contributed by atoms with van der Waals surface area (Å²) in [7, 11) is 0. The first kappa shape index (κ1) is 14.5. The number of furan rings is 1. The summed E-state index contributed by atoms with van der Waals surface area (Å²) >= 11 is 1.93. The highest BCUT2D eigenvalue weighted by molar-refractivity contribution is 7.99. The maximum Gasteiger partial charge on any atom is 0.289 e. The number of nitrogens with zero attached hydrogens (tertiary/aromatic N) is 2. The molecule has 5 nitrogen and oxygen atoms in total. The molecule has 2 amide bonds. The highest BCUT2D eigenvalue weighted by Crippen LogP contribution is 2.25. The number of hydrogen-bond acceptors (Lipinski definition) is 4. The van der Waals surface area contributed by atoms with Gasteiger partial charge in [-0.25, -0.2) is 0 Å². The van der Waals surface area contributed by atoms with Crippen LogP contribution in [0.15, 0.2) is 22.8 Å². The Labute approximate surface area is 128 Å². The minimum Gasteiger partial charge on any atom is -0.459 e. The number of carbonyl (C=O) groups is 2. The second kappa shape index (κ2) is 6.56. The lowest BCUT2D eigenvalue weighted by Gasteiger charge is -2.36. The zero-order valence-electron chi connectivity index (χ0n) is 12.0. The minimum atomic E-state index is -0.0823. The van der Waals surface area contributed by atoms with E-state index in [0.717, 1.165) is 24.3 Å². The average molecular weight is 308 g/mol. The van der Waals surface area contributed by atoms with Crippen LogP contribution in [0.1, 0.15) is 23.4 Å². The number of amides is 2. The van der Waals surface area contributed by atoms with Gasteiger partial charge >= 0.3 is 0 Å². The van der Waals surface area contributed by atoms with Crippen LogP contribution in [-0.4, -0.2) is 59.3 Å². The van der Waals surface area contributed by atoms with Gasteiger partial charge in [-0.2, -0.15) is 11.8 Å². The van der Waals surface area contributed by atoms with Crippen molar-refractivity contribution in [3.8, 4) is 0 Å². The smallest absolute Gasteiger partial charge is 0.289 e. The van der Waals surface area contributed by atoms with Gasteiger partial charge < -0.3 is 14.2 Å². The Balaban J connectivity index is 1.52. The van der Waals surface area contributed by atoms with Gasteiger partial charge in [0, 0.05) is 32.1 Å². The standard InChI is InChI=1S/C15H20N2O3S/c18-14(12-3-10-21-11-4-12)16-5-7-17(8-6-16)15(19)13-2-1-9-20-13/h1-2,9,12H,3-8,10-11H2. The van der Waals surface area contributed by atoms with E-state index in [1.807, 2.05) is 16.7 Å². The Morgan fingerprint density at radius 2 is 1.76 bits per heavy atom. The van der Waals surface area contributed by atoms with Crippen LogP contribution in [0.5, 0.6) is 0 Å². The number of carbonyl (C=O) groups excluding carboxylic acids is 2. The molecule has 0 radical (unpaired) electrons. The molecule has 2 saturated heterocycles. The van der Waals surface area contributed by atoms with Crippen LogP contribution in [0.3, 0.4) is 0 Å². The van der Waals surface area contributed by atoms with Crippen molar-refractivity contribution < 1.29 is 14.0 Å². The van der Waals surface area contributed by atoms with Crippen LogP contribution in [0.2, 0.25) is 0 Å². The van der Waals surface area contributed by atoms with Gasteiger partial charge in [0.1, 0.15) is 0 Å². The monoisotopic (exact) mass is 308 g/mol. The Hall–Kier alpha value is -1.43. The molecule has 3 heterocycles. The topological polar surface area (TPSA) is 53.8 Å². The summed E-state index contributed by atoms with van der Waals surface area (Å²) in [5.74, 6) is 2.94. The number of hydrogen-bond donors (Lipinski definition) is 0. The summed E-state index contributed by atoms with van der Waals surface area (Å²) in [5.41, 5.74) is 0. The zero-order valence-corrected chi connectivity index (χ0v) is 12.8. The quantitative estimate of drug-likeness (QED) is 0.834. The first-order chi connectivity index (χ1) is 10.3. The molecular formula is C15H20N2O3S. The fourth-order valence-corrected chi connectivity index (χ4v) is 4.00. The van der Waals surface area contributed by atoms with Crippen LogP contribution in [0.4, 0.5) is 0 Å². The first-order valence-corrected chi connectivity index (χ1v) is 8.60. The maximum absolute atomic E-state index is 12.5. The minimum absolute atomic E-state index is 0.0823. The lowest BCUT2D eigenvalue weighted by Crippen LogP contribution is -2.52. The van der Waals surface area contributed by atoms with Crippen LogP contribution in [0.25, 0.3) is 0 Å². The molecule has 6 heteroatoms. The summed E-state index contributed by atoms with van der Waals surface area (Å²) in [5, 5.41) is 0. The number of piperazine rings is 1. The van der Waals surface area contributed by atoms with E-state index in [-0.39, 0.29) is 17.7 Å². The van der Waals surface area contributed by atoms with Gasteiger partial charge in [-0.15, -0.1) is 0 Å². The van der Waals surface area contributed by atoms with E-state index in [9.17, 15) is 9.59 Å². The predicted molar refractivity (Wildman–Crippen MR) is 81.2 cm³/mol. The molecular weight excluding hydrogens is 288 g/mol. The van der Waals surface area contributed by atoms with E-state index in [0.29, 0.717) is 31.9 Å². The molecule has 21 heavy (non-hydrogen) atoms. The molecule has 0 aromatic carbocycles. The number of rotatable bonds is 2. The molecule has 0 saturated carbocycles. The van der Waals surface area contributed by atoms with E-state index in [4.69, 9.17) is 4.42 Å². The van der Waals surface area contributed by atoms with E-state index in [1.54, 1.807) is 17.0 Å². The van der Waals surface area contributed by atoms with Crippen LogP contribution in [0, 0.1) is 5.92 Å². The maximum atomic E-state index is 12.5. The van der Waals surface area contributed by atoms with Crippen molar-refractivity contribution in [2.75, 3.05) is 37.7 Å². The summed E-state index contributed by atoms with van der Waals surface area (Å²) < 4.78 is 5.14. The van der Waals surface area contributed by atoms with Crippen molar-refractivity contribution in [1.82, 2.24) is 9.80 Å². The molecule has 0 spiro atoms. The van der Waals surface area contributed by atoms with Crippen LogP contribution < -0.4 is 0 Å². The van der Waals surface area contributed by atoms with E-state index >= 15 is 0 Å². The molecule has 0 atom stereocenters. The van der Waals surface area contributed by atoms with E-state index in [2.05, 4.69) is 0 Å². The van der Waals surface area contributed by atoms with Gasteiger partial charge in [0.2, 0.25) is 5.91 Å². The van der Waals surface area contributed by atoms with Gasteiger partial charge in [0.25, 0.3) is 5.91 Å². The molecule has 1 aromatic heterocycles. The van der Waals surface area contributed by atoms with Gasteiger partial charge in [0.15, 0.2) is 5.76 Å². The molecule has 3 rings (SSSR count). The fraction of sp³-hybridized carbons (Fsp3) is 0.600. The average Bonchev–Trinajstić information content (AvgIpc) is 3.09. The molecule has 1 aromatic rings. The molecule has 2 aliphatic rings. The largest absolute Gasteiger partial charge is 0.459 e. The highest BCUT2D eigenvalue weighted by atomic mass is 32.2. The molecule has 0 unspecified atom stereocenters. The summed E-state index contributed by atoms with van der Waals surface area (Å²) in [4.78, 5) is 28.3. The second-order valence-electron chi connectivity index (χ2n) is 5.48. The normalized spacial score (nSPS) is 20.6. The Bertz CT molecular complexity index is 489. The zero-order chi connectivity index (χ0) is 14.7. The number of thioether (sulfide) groups is 1. The van der Waals surface area contributed by atoms with Crippen molar-refractivity contribution >= 4 is 23.6 Å². The predicted octanol–water partition coefficient (Wildman–Crippen LogP) is 1.71. The summed E-state index contributed by atoms with van der Waals surface area (Å²) in [6, 6.07) is 3.40. The van der Waals surface area contributed by atoms with Crippen molar-refractivity contribution in [2.45, 2.75) is 12.8 Å². The molecule has 0 N–H and O–H groups in total. The fourth-order valence-electron chi connectivity index (χ4n) is 2.89. The van der Waals surface area contributed by atoms with Crippen LogP contribution in [-0.2, 0) is 4.79 Å². The van der Waals surface area contributed by atoms with Gasteiger partial charge in [0.05, 0.1) is 6.26 Å². The molecule has 0 aliphatic carbocycles. The third-order valence-corrected chi connectivity index (χ3v) is 5.23. The highest BCUT2D eigenvalue weighted by Gasteiger charge is 2.30. The van der Waals surface area contributed by atoms with Gasteiger partial charge in [-0.3, -0.25) is 9.59 Å². The van der Waals surface area contributed by atoms with E-state index < -0.39 is 0 Å². The van der Waals surface area contributed by atoms with E-state index in [1.165, 1.54) is 6.26 Å². The molecule has 0 bridgehead atoms. The molecule has 2 aliphatic heterocycles. The van der Waals surface area contributed by atoms with Gasteiger partial charge in [-0.05, 0) is 36.5 Å². The van der Waals surface area contributed by atoms with Gasteiger partial charge in [-0.1, -0.05) is 0 Å². The van der Waals surface area contributed by atoms with Crippen LogP contribution >= 0.6 is 11.8 Å². The SMILES string of the molecule is O=C(c1ccco1)N1CCN(C(=O)C2CCSCC2)CC1.